The number of hydrogen-bond acceptors (Lipinski definition) is 2. The molecular formula is C15H18N2O2. The van der Waals surface area contributed by atoms with Crippen LogP contribution in [0.5, 0.6) is 0 Å². The van der Waals surface area contributed by atoms with Crippen molar-refractivity contribution in [2.75, 3.05) is 0 Å². The topological polar surface area (TPSA) is 55.1 Å². The molecule has 0 saturated heterocycles. The predicted molar refractivity (Wildman–Crippen MR) is 73.6 cm³/mol. The van der Waals surface area contributed by atoms with Crippen LogP contribution in [0.3, 0.4) is 0 Å². The van der Waals surface area contributed by atoms with Crippen LogP contribution in [-0.4, -0.2) is 20.9 Å². The summed E-state index contributed by atoms with van der Waals surface area (Å²) in [5.74, 6) is -0.449. The average Bonchev–Trinajstić information content (AvgIpc) is 2.71. The number of aromatic carboxylic acids is 1. The van der Waals surface area contributed by atoms with Gasteiger partial charge in [0.1, 0.15) is 5.69 Å². The molecule has 0 spiro atoms. The molecule has 0 bridgehead atoms. The maximum absolute atomic E-state index is 11.1. The molecule has 1 heterocycles. The van der Waals surface area contributed by atoms with Crippen molar-refractivity contribution in [1.29, 1.82) is 0 Å². The molecule has 0 atom stereocenters. The molecule has 0 aliphatic heterocycles. The largest absolute Gasteiger partial charge is 0.477 e. The molecule has 0 amide bonds. The van der Waals surface area contributed by atoms with Crippen molar-refractivity contribution in [3.8, 4) is 0 Å². The Morgan fingerprint density at radius 1 is 1.32 bits per heavy atom. The fourth-order valence-corrected chi connectivity index (χ4v) is 2.02. The van der Waals surface area contributed by atoms with E-state index in [2.05, 4.69) is 31.1 Å². The standard InChI is InChI=1S/C15H18N2O2/c1-10(2)13-6-4-12(5-7-13)9-17-14(15(18)19)8-11(3)16-17/h4-8,10H,9H2,1-3H3,(H,18,19). The van der Waals surface area contributed by atoms with E-state index in [1.54, 1.807) is 13.0 Å². The zero-order valence-electron chi connectivity index (χ0n) is 11.4. The van der Waals surface area contributed by atoms with Crippen molar-refractivity contribution in [3.05, 3.63) is 52.8 Å². The van der Waals surface area contributed by atoms with Gasteiger partial charge in [-0.2, -0.15) is 5.10 Å². The zero-order valence-corrected chi connectivity index (χ0v) is 11.4. The van der Waals surface area contributed by atoms with E-state index in [0.717, 1.165) is 11.3 Å². The van der Waals surface area contributed by atoms with Gasteiger partial charge >= 0.3 is 5.97 Å². The Bertz CT molecular complexity index is 583. The molecule has 2 aromatic rings. The second-order valence-corrected chi connectivity index (χ2v) is 5.03. The van der Waals surface area contributed by atoms with Crippen molar-refractivity contribution in [1.82, 2.24) is 9.78 Å². The van der Waals surface area contributed by atoms with Crippen LogP contribution in [0.4, 0.5) is 0 Å². The van der Waals surface area contributed by atoms with Crippen molar-refractivity contribution < 1.29 is 9.90 Å². The normalized spacial score (nSPS) is 10.9. The highest BCUT2D eigenvalue weighted by Gasteiger charge is 2.12. The predicted octanol–water partition coefficient (Wildman–Crippen LogP) is 3.06. The molecule has 4 nitrogen and oxygen atoms in total. The molecule has 0 aliphatic carbocycles. The van der Waals surface area contributed by atoms with E-state index in [9.17, 15) is 4.79 Å². The van der Waals surface area contributed by atoms with Gasteiger partial charge in [0.15, 0.2) is 0 Å². The first-order chi connectivity index (χ1) is 8.97. The number of benzene rings is 1. The van der Waals surface area contributed by atoms with E-state index in [0.29, 0.717) is 12.5 Å². The second-order valence-electron chi connectivity index (χ2n) is 5.03. The van der Waals surface area contributed by atoms with Gasteiger partial charge in [-0.3, -0.25) is 4.68 Å². The lowest BCUT2D eigenvalue weighted by Gasteiger charge is -2.08. The molecule has 100 valence electrons. The quantitative estimate of drug-likeness (QED) is 0.917. The smallest absolute Gasteiger partial charge is 0.354 e. The summed E-state index contributed by atoms with van der Waals surface area (Å²) in [5.41, 5.74) is 3.27. The second kappa shape index (κ2) is 5.26. The van der Waals surface area contributed by atoms with Gasteiger partial charge in [0.25, 0.3) is 0 Å². The Kier molecular flexibility index (Phi) is 3.69. The molecule has 0 unspecified atom stereocenters. The van der Waals surface area contributed by atoms with Gasteiger partial charge in [-0.05, 0) is 30.0 Å². The van der Waals surface area contributed by atoms with Gasteiger partial charge in [-0.1, -0.05) is 38.1 Å². The Hall–Kier alpha value is -2.10. The van der Waals surface area contributed by atoms with E-state index in [1.807, 2.05) is 12.1 Å². The summed E-state index contributed by atoms with van der Waals surface area (Å²) < 4.78 is 1.53. The van der Waals surface area contributed by atoms with Crippen molar-refractivity contribution in [2.24, 2.45) is 0 Å². The van der Waals surface area contributed by atoms with Crippen LogP contribution in [0, 0.1) is 6.92 Å². The van der Waals surface area contributed by atoms with Gasteiger partial charge in [-0.25, -0.2) is 4.79 Å². The van der Waals surface area contributed by atoms with Crippen LogP contribution >= 0.6 is 0 Å². The Labute approximate surface area is 112 Å². The first kappa shape index (κ1) is 13.3. The molecule has 1 N–H and O–H groups in total. The molecule has 1 aromatic carbocycles. The Balaban J connectivity index is 2.23. The molecule has 19 heavy (non-hydrogen) atoms. The van der Waals surface area contributed by atoms with Crippen molar-refractivity contribution >= 4 is 5.97 Å². The third-order valence-corrected chi connectivity index (χ3v) is 3.10. The lowest BCUT2D eigenvalue weighted by Crippen LogP contribution is -2.10. The van der Waals surface area contributed by atoms with Gasteiger partial charge in [0.05, 0.1) is 12.2 Å². The van der Waals surface area contributed by atoms with Crippen LogP contribution in [0.25, 0.3) is 0 Å². The maximum atomic E-state index is 11.1. The first-order valence-electron chi connectivity index (χ1n) is 6.34. The van der Waals surface area contributed by atoms with E-state index in [-0.39, 0.29) is 5.69 Å². The lowest BCUT2D eigenvalue weighted by atomic mass is 10.0. The molecule has 1 aromatic heterocycles. The number of aromatic nitrogens is 2. The van der Waals surface area contributed by atoms with E-state index in [4.69, 9.17) is 5.11 Å². The lowest BCUT2D eigenvalue weighted by molar-refractivity contribution is 0.0684. The minimum atomic E-state index is -0.945. The van der Waals surface area contributed by atoms with E-state index >= 15 is 0 Å². The number of carboxylic acid groups (broad SMARTS) is 1. The van der Waals surface area contributed by atoms with Gasteiger partial charge < -0.3 is 5.11 Å². The van der Waals surface area contributed by atoms with Gasteiger partial charge in [0.2, 0.25) is 0 Å². The van der Waals surface area contributed by atoms with Crippen LogP contribution in [0.1, 0.15) is 47.1 Å². The number of aryl methyl sites for hydroxylation is 1. The van der Waals surface area contributed by atoms with Gasteiger partial charge in [-0.15, -0.1) is 0 Å². The maximum Gasteiger partial charge on any atom is 0.354 e. The minimum Gasteiger partial charge on any atom is -0.477 e. The summed E-state index contributed by atoms with van der Waals surface area (Å²) in [4.78, 5) is 11.1. The summed E-state index contributed by atoms with van der Waals surface area (Å²) in [6.07, 6.45) is 0. The van der Waals surface area contributed by atoms with E-state index in [1.165, 1.54) is 10.2 Å². The Morgan fingerprint density at radius 3 is 2.47 bits per heavy atom. The van der Waals surface area contributed by atoms with E-state index < -0.39 is 5.97 Å². The molecule has 2 rings (SSSR count). The summed E-state index contributed by atoms with van der Waals surface area (Å²) in [6.45, 7) is 6.57. The van der Waals surface area contributed by atoms with Crippen LogP contribution in [0.2, 0.25) is 0 Å². The SMILES string of the molecule is Cc1cc(C(=O)O)n(Cc2ccc(C(C)C)cc2)n1. The number of nitrogens with zero attached hydrogens (tertiary/aromatic N) is 2. The summed E-state index contributed by atoms with van der Waals surface area (Å²) in [7, 11) is 0. The number of hydrogen-bond donors (Lipinski definition) is 1. The minimum absolute atomic E-state index is 0.227. The average molecular weight is 258 g/mol. The first-order valence-corrected chi connectivity index (χ1v) is 6.34. The number of carboxylic acids is 1. The van der Waals surface area contributed by atoms with Crippen LogP contribution in [0.15, 0.2) is 30.3 Å². The number of rotatable bonds is 4. The third-order valence-electron chi connectivity index (χ3n) is 3.10. The molecule has 0 radical (unpaired) electrons. The van der Waals surface area contributed by atoms with Crippen molar-refractivity contribution in [2.45, 2.75) is 33.2 Å². The highest BCUT2D eigenvalue weighted by Crippen LogP contribution is 2.16. The van der Waals surface area contributed by atoms with Crippen molar-refractivity contribution in [3.63, 3.8) is 0 Å². The highest BCUT2D eigenvalue weighted by molar-refractivity contribution is 5.85. The summed E-state index contributed by atoms with van der Waals surface area (Å²) in [6, 6.07) is 9.80. The third kappa shape index (κ3) is 3.02. The number of carbonyl (C=O) groups is 1. The summed E-state index contributed by atoms with van der Waals surface area (Å²) in [5, 5.41) is 13.3. The fraction of sp³-hybridized carbons (Fsp3) is 0.333. The Morgan fingerprint density at radius 2 is 1.95 bits per heavy atom. The van der Waals surface area contributed by atoms with Crippen LogP contribution < -0.4 is 0 Å². The monoisotopic (exact) mass is 258 g/mol. The molecule has 0 aliphatic rings. The van der Waals surface area contributed by atoms with Crippen LogP contribution in [-0.2, 0) is 6.54 Å². The highest BCUT2D eigenvalue weighted by atomic mass is 16.4. The molecule has 4 heteroatoms. The van der Waals surface area contributed by atoms with Gasteiger partial charge in [0, 0.05) is 0 Å². The molecule has 0 fully saturated rings. The molecular weight excluding hydrogens is 240 g/mol. The summed E-state index contributed by atoms with van der Waals surface area (Å²) >= 11 is 0. The molecule has 0 saturated carbocycles. The zero-order chi connectivity index (χ0) is 14.0. The fourth-order valence-electron chi connectivity index (χ4n) is 2.02.